The SMILES string of the molecule is Cn1cc(C2CC(N)CCN2)cn1. The normalized spacial score (nSPS) is 29.1. The molecular formula is C9H16N4. The summed E-state index contributed by atoms with van der Waals surface area (Å²) >= 11 is 0. The van der Waals surface area contributed by atoms with Gasteiger partial charge in [-0.15, -0.1) is 0 Å². The zero-order valence-electron chi connectivity index (χ0n) is 7.90. The summed E-state index contributed by atoms with van der Waals surface area (Å²) in [6.45, 7) is 1.01. The van der Waals surface area contributed by atoms with E-state index in [4.69, 9.17) is 5.73 Å². The average Bonchev–Trinajstić information content (AvgIpc) is 2.52. The van der Waals surface area contributed by atoms with Crippen molar-refractivity contribution in [2.24, 2.45) is 12.8 Å². The maximum atomic E-state index is 5.90. The van der Waals surface area contributed by atoms with E-state index in [0.29, 0.717) is 12.1 Å². The minimum absolute atomic E-state index is 0.339. The summed E-state index contributed by atoms with van der Waals surface area (Å²) in [7, 11) is 1.94. The number of hydrogen-bond donors (Lipinski definition) is 2. The van der Waals surface area contributed by atoms with Crippen molar-refractivity contribution in [3.8, 4) is 0 Å². The van der Waals surface area contributed by atoms with Crippen LogP contribution in [0.2, 0.25) is 0 Å². The Bertz CT molecular complexity index is 281. The van der Waals surface area contributed by atoms with Crippen molar-refractivity contribution in [2.75, 3.05) is 6.54 Å². The molecule has 0 aromatic carbocycles. The molecule has 1 fully saturated rings. The van der Waals surface area contributed by atoms with Gasteiger partial charge in [-0.3, -0.25) is 4.68 Å². The highest BCUT2D eigenvalue weighted by Crippen LogP contribution is 2.21. The first kappa shape index (κ1) is 8.72. The number of nitrogens with two attached hydrogens (primary N) is 1. The van der Waals surface area contributed by atoms with Crippen LogP contribution >= 0.6 is 0 Å². The van der Waals surface area contributed by atoms with Crippen molar-refractivity contribution >= 4 is 0 Å². The van der Waals surface area contributed by atoms with Gasteiger partial charge in [0.05, 0.1) is 6.20 Å². The molecule has 0 spiro atoms. The molecule has 4 nitrogen and oxygen atoms in total. The summed E-state index contributed by atoms with van der Waals surface area (Å²) in [5.41, 5.74) is 7.15. The fourth-order valence-corrected chi connectivity index (χ4v) is 1.82. The zero-order valence-corrected chi connectivity index (χ0v) is 7.90. The van der Waals surface area contributed by atoms with Crippen LogP contribution in [0.4, 0.5) is 0 Å². The molecule has 3 N–H and O–H groups in total. The van der Waals surface area contributed by atoms with Crippen molar-refractivity contribution in [1.82, 2.24) is 15.1 Å². The molecule has 1 aliphatic rings. The lowest BCUT2D eigenvalue weighted by atomic mass is 9.96. The molecule has 0 saturated carbocycles. The van der Waals surface area contributed by atoms with Crippen LogP contribution in [0.25, 0.3) is 0 Å². The van der Waals surface area contributed by atoms with E-state index in [0.717, 1.165) is 19.4 Å². The predicted octanol–water partition coefficient (Wildman–Crippen LogP) is 0.172. The zero-order chi connectivity index (χ0) is 9.26. The van der Waals surface area contributed by atoms with Crippen LogP contribution in [0.15, 0.2) is 12.4 Å². The van der Waals surface area contributed by atoms with Crippen molar-refractivity contribution in [2.45, 2.75) is 24.9 Å². The molecule has 1 aromatic rings. The second-order valence-electron chi connectivity index (χ2n) is 3.74. The number of aromatic nitrogens is 2. The lowest BCUT2D eigenvalue weighted by Gasteiger charge is -2.27. The Morgan fingerprint density at radius 1 is 1.69 bits per heavy atom. The van der Waals surface area contributed by atoms with Gasteiger partial charge in [-0.1, -0.05) is 0 Å². The summed E-state index contributed by atoms with van der Waals surface area (Å²) in [4.78, 5) is 0. The summed E-state index contributed by atoms with van der Waals surface area (Å²) < 4.78 is 1.83. The van der Waals surface area contributed by atoms with Crippen LogP contribution in [-0.2, 0) is 7.05 Å². The summed E-state index contributed by atoms with van der Waals surface area (Å²) in [5, 5.41) is 7.60. The number of aryl methyl sites for hydroxylation is 1. The molecule has 2 heterocycles. The van der Waals surface area contributed by atoms with Crippen LogP contribution in [-0.4, -0.2) is 22.4 Å². The monoisotopic (exact) mass is 180 g/mol. The molecule has 2 atom stereocenters. The molecule has 13 heavy (non-hydrogen) atoms. The van der Waals surface area contributed by atoms with Gasteiger partial charge in [-0.2, -0.15) is 5.10 Å². The van der Waals surface area contributed by atoms with Gasteiger partial charge in [0.2, 0.25) is 0 Å². The summed E-state index contributed by atoms with van der Waals surface area (Å²) in [6, 6.07) is 0.740. The third-order valence-corrected chi connectivity index (χ3v) is 2.57. The van der Waals surface area contributed by atoms with E-state index >= 15 is 0 Å². The molecule has 72 valence electrons. The number of hydrogen-bond acceptors (Lipinski definition) is 3. The molecular weight excluding hydrogens is 164 g/mol. The fourth-order valence-electron chi connectivity index (χ4n) is 1.82. The maximum absolute atomic E-state index is 5.90. The van der Waals surface area contributed by atoms with Crippen molar-refractivity contribution < 1.29 is 0 Å². The Morgan fingerprint density at radius 3 is 3.15 bits per heavy atom. The van der Waals surface area contributed by atoms with Gasteiger partial charge in [0, 0.05) is 30.9 Å². The third kappa shape index (κ3) is 1.89. The van der Waals surface area contributed by atoms with Gasteiger partial charge in [0.25, 0.3) is 0 Å². The van der Waals surface area contributed by atoms with Crippen LogP contribution in [0.5, 0.6) is 0 Å². The first-order valence-corrected chi connectivity index (χ1v) is 4.73. The van der Waals surface area contributed by atoms with Crippen molar-refractivity contribution in [3.63, 3.8) is 0 Å². The number of rotatable bonds is 1. The topological polar surface area (TPSA) is 55.9 Å². The van der Waals surface area contributed by atoms with E-state index < -0.39 is 0 Å². The lowest BCUT2D eigenvalue weighted by Crippen LogP contribution is -2.38. The van der Waals surface area contributed by atoms with Crippen LogP contribution in [0.3, 0.4) is 0 Å². The second-order valence-corrected chi connectivity index (χ2v) is 3.74. The smallest absolute Gasteiger partial charge is 0.0537 e. The van der Waals surface area contributed by atoms with Crippen LogP contribution < -0.4 is 11.1 Å². The molecule has 1 aromatic heterocycles. The van der Waals surface area contributed by atoms with Crippen LogP contribution in [0.1, 0.15) is 24.4 Å². The maximum Gasteiger partial charge on any atom is 0.0537 e. The standard InChI is InChI=1S/C9H16N4/c1-13-6-7(5-12-13)9-4-8(10)2-3-11-9/h5-6,8-9,11H,2-4,10H2,1H3. The molecule has 0 aliphatic carbocycles. The number of nitrogens with zero attached hydrogens (tertiary/aromatic N) is 2. The summed E-state index contributed by atoms with van der Waals surface area (Å²) in [5.74, 6) is 0. The Labute approximate surface area is 78.1 Å². The third-order valence-electron chi connectivity index (χ3n) is 2.57. The Hall–Kier alpha value is -0.870. The van der Waals surface area contributed by atoms with Crippen molar-refractivity contribution in [3.05, 3.63) is 18.0 Å². The van der Waals surface area contributed by atoms with Gasteiger partial charge in [0.15, 0.2) is 0 Å². The first-order chi connectivity index (χ1) is 6.25. The second kappa shape index (κ2) is 3.47. The van der Waals surface area contributed by atoms with E-state index in [-0.39, 0.29) is 0 Å². The average molecular weight is 180 g/mol. The largest absolute Gasteiger partial charge is 0.328 e. The highest BCUT2D eigenvalue weighted by atomic mass is 15.2. The Balaban J connectivity index is 2.08. The van der Waals surface area contributed by atoms with Gasteiger partial charge in [-0.25, -0.2) is 0 Å². The summed E-state index contributed by atoms with van der Waals surface area (Å²) in [6.07, 6.45) is 6.06. The van der Waals surface area contributed by atoms with Gasteiger partial charge < -0.3 is 11.1 Å². The van der Waals surface area contributed by atoms with Gasteiger partial charge in [-0.05, 0) is 19.4 Å². The number of piperidine rings is 1. The minimum atomic E-state index is 0.339. The highest BCUT2D eigenvalue weighted by molar-refractivity contribution is 5.11. The van der Waals surface area contributed by atoms with E-state index in [1.54, 1.807) is 0 Å². The lowest BCUT2D eigenvalue weighted by molar-refractivity contribution is 0.369. The fraction of sp³-hybridized carbons (Fsp3) is 0.667. The first-order valence-electron chi connectivity index (χ1n) is 4.73. The van der Waals surface area contributed by atoms with E-state index in [1.165, 1.54) is 5.56 Å². The van der Waals surface area contributed by atoms with Crippen LogP contribution in [0, 0.1) is 0 Å². The molecule has 4 heteroatoms. The Morgan fingerprint density at radius 2 is 2.54 bits per heavy atom. The predicted molar refractivity (Wildman–Crippen MR) is 51.2 cm³/mol. The van der Waals surface area contributed by atoms with E-state index in [9.17, 15) is 0 Å². The number of nitrogens with one attached hydrogen (secondary N) is 1. The minimum Gasteiger partial charge on any atom is -0.328 e. The van der Waals surface area contributed by atoms with Crippen molar-refractivity contribution in [1.29, 1.82) is 0 Å². The quantitative estimate of drug-likeness (QED) is 0.648. The molecule has 1 saturated heterocycles. The molecule has 1 aliphatic heterocycles. The molecule has 2 rings (SSSR count). The molecule has 2 unspecified atom stereocenters. The van der Waals surface area contributed by atoms with E-state index in [2.05, 4.69) is 16.6 Å². The Kier molecular flexibility index (Phi) is 2.33. The molecule has 0 radical (unpaired) electrons. The molecule has 0 bridgehead atoms. The van der Waals surface area contributed by atoms with Gasteiger partial charge in [0.1, 0.15) is 0 Å². The highest BCUT2D eigenvalue weighted by Gasteiger charge is 2.20. The van der Waals surface area contributed by atoms with Gasteiger partial charge >= 0.3 is 0 Å². The van der Waals surface area contributed by atoms with E-state index in [1.807, 2.05) is 17.9 Å². The molecule has 0 amide bonds.